The van der Waals surface area contributed by atoms with E-state index in [2.05, 4.69) is 6.07 Å². The first kappa shape index (κ1) is 17.0. The normalized spacial score (nSPS) is 11.0. The smallest absolute Gasteiger partial charge is 0.188 e. The van der Waals surface area contributed by atoms with Gasteiger partial charge in [0.1, 0.15) is 12.4 Å². The largest absolute Gasteiger partial charge is 0.491 e. The van der Waals surface area contributed by atoms with E-state index in [0.717, 1.165) is 44.3 Å². The van der Waals surface area contributed by atoms with E-state index in [4.69, 9.17) is 14.9 Å². The van der Waals surface area contributed by atoms with Crippen LogP contribution in [0.25, 0.3) is 0 Å². The maximum atomic E-state index is 10.4. The molecule has 0 saturated carbocycles. The third kappa shape index (κ3) is 8.15. The predicted molar refractivity (Wildman–Crippen MR) is 77.1 cm³/mol. The predicted octanol–water partition coefficient (Wildman–Crippen LogP) is 2.69. The second kappa shape index (κ2) is 10.7. The van der Waals surface area contributed by atoms with Crippen molar-refractivity contribution in [1.29, 1.82) is 0 Å². The van der Waals surface area contributed by atoms with Gasteiger partial charge in [-0.25, -0.2) is 5.11 Å². The van der Waals surface area contributed by atoms with Crippen molar-refractivity contribution in [2.75, 3.05) is 13.2 Å². The van der Waals surface area contributed by atoms with E-state index in [9.17, 15) is 5.11 Å². The molecule has 4 nitrogen and oxygen atoms in total. The lowest BCUT2D eigenvalue weighted by Crippen LogP contribution is -2.01. The van der Waals surface area contributed by atoms with Crippen LogP contribution >= 0.6 is 0 Å². The SMILES string of the molecule is [O]C(O)CCCCCCCc1cccc(OCCO)c1. The molecule has 0 aliphatic carbocycles. The van der Waals surface area contributed by atoms with Crippen LogP contribution in [-0.4, -0.2) is 29.7 Å². The van der Waals surface area contributed by atoms with E-state index in [-0.39, 0.29) is 6.61 Å². The molecule has 0 heterocycles. The lowest BCUT2D eigenvalue weighted by atomic mass is 10.0. The van der Waals surface area contributed by atoms with Gasteiger partial charge in [-0.1, -0.05) is 31.4 Å². The summed E-state index contributed by atoms with van der Waals surface area (Å²) in [6.07, 6.45) is 5.16. The molecule has 2 N–H and O–H groups in total. The second-order valence-corrected chi connectivity index (χ2v) is 4.98. The molecule has 0 aromatic heterocycles. The first-order chi connectivity index (χ1) is 9.72. The van der Waals surface area contributed by atoms with Crippen LogP contribution in [0.1, 0.15) is 44.1 Å². The summed E-state index contributed by atoms with van der Waals surface area (Å²) in [5, 5.41) is 27.8. The molecule has 20 heavy (non-hydrogen) atoms. The third-order valence-electron chi connectivity index (χ3n) is 3.17. The first-order valence-electron chi connectivity index (χ1n) is 7.39. The number of aliphatic hydroxyl groups is 2. The Kier molecular flexibility index (Phi) is 9.04. The molecule has 1 rings (SSSR count). The summed E-state index contributed by atoms with van der Waals surface area (Å²) in [7, 11) is 0. The van der Waals surface area contributed by atoms with Crippen molar-refractivity contribution in [1.82, 2.24) is 0 Å². The van der Waals surface area contributed by atoms with Gasteiger partial charge in [0.2, 0.25) is 0 Å². The van der Waals surface area contributed by atoms with Crippen LogP contribution in [0.2, 0.25) is 0 Å². The Morgan fingerprint density at radius 1 is 1.10 bits per heavy atom. The summed E-state index contributed by atoms with van der Waals surface area (Å²) in [6.45, 7) is 0.358. The fourth-order valence-corrected chi connectivity index (χ4v) is 2.13. The average molecular weight is 281 g/mol. The van der Waals surface area contributed by atoms with Gasteiger partial charge in [0.05, 0.1) is 6.61 Å². The van der Waals surface area contributed by atoms with Crippen molar-refractivity contribution in [3.63, 3.8) is 0 Å². The zero-order chi connectivity index (χ0) is 14.6. The van der Waals surface area contributed by atoms with Gasteiger partial charge in [0, 0.05) is 6.42 Å². The van der Waals surface area contributed by atoms with Gasteiger partial charge >= 0.3 is 0 Å². The van der Waals surface area contributed by atoms with Gasteiger partial charge in [0.15, 0.2) is 6.29 Å². The molecule has 0 aliphatic heterocycles. The zero-order valence-corrected chi connectivity index (χ0v) is 12.0. The lowest BCUT2D eigenvalue weighted by Gasteiger charge is -2.07. The Bertz CT molecular complexity index is 352. The number of aryl methyl sites for hydroxylation is 1. The van der Waals surface area contributed by atoms with Crippen molar-refractivity contribution in [3.8, 4) is 5.75 Å². The molecule has 0 fully saturated rings. The van der Waals surface area contributed by atoms with Crippen LogP contribution in [0.5, 0.6) is 5.75 Å². The maximum Gasteiger partial charge on any atom is 0.188 e. The highest BCUT2D eigenvalue weighted by Gasteiger charge is 2.00. The number of hydrogen-bond donors (Lipinski definition) is 2. The summed E-state index contributed by atoms with van der Waals surface area (Å²) in [5.41, 5.74) is 1.25. The lowest BCUT2D eigenvalue weighted by molar-refractivity contribution is -0.0968. The fourth-order valence-electron chi connectivity index (χ4n) is 2.13. The number of hydrogen-bond acceptors (Lipinski definition) is 3. The van der Waals surface area contributed by atoms with Crippen molar-refractivity contribution in [3.05, 3.63) is 29.8 Å². The van der Waals surface area contributed by atoms with Crippen LogP contribution in [0.4, 0.5) is 0 Å². The molecule has 0 saturated heterocycles. The molecule has 0 spiro atoms. The Balaban J connectivity index is 2.12. The van der Waals surface area contributed by atoms with Gasteiger partial charge in [-0.15, -0.1) is 0 Å². The standard InChI is InChI=1S/C16H25O4/c17-11-12-20-15-9-6-8-14(13-15)7-4-2-1-3-5-10-16(18)19/h6,8-9,13,16-18H,1-5,7,10-12H2. The van der Waals surface area contributed by atoms with Gasteiger partial charge in [-0.05, 0) is 37.0 Å². The van der Waals surface area contributed by atoms with Gasteiger partial charge in [0.25, 0.3) is 0 Å². The van der Waals surface area contributed by atoms with E-state index < -0.39 is 6.29 Å². The molecule has 1 unspecified atom stereocenters. The fraction of sp³-hybridized carbons (Fsp3) is 0.625. The Hall–Kier alpha value is -1.10. The Labute approximate surface area is 121 Å². The van der Waals surface area contributed by atoms with E-state index in [0.29, 0.717) is 13.0 Å². The average Bonchev–Trinajstić information content (AvgIpc) is 2.44. The van der Waals surface area contributed by atoms with Crippen LogP contribution in [-0.2, 0) is 11.5 Å². The van der Waals surface area contributed by atoms with Crippen LogP contribution in [0.15, 0.2) is 24.3 Å². The maximum absolute atomic E-state index is 10.4. The van der Waals surface area contributed by atoms with Crippen molar-refractivity contribution >= 4 is 0 Å². The number of unbranched alkanes of at least 4 members (excludes halogenated alkanes) is 4. The minimum atomic E-state index is -1.41. The summed E-state index contributed by atoms with van der Waals surface area (Å²) in [6, 6.07) is 7.97. The molecule has 0 bridgehead atoms. The molecule has 1 aromatic rings. The summed E-state index contributed by atoms with van der Waals surface area (Å²) < 4.78 is 5.37. The molecular weight excluding hydrogens is 256 g/mol. The van der Waals surface area contributed by atoms with Gasteiger partial charge in [-0.2, -0.15) is 0 Å². The highest BCUT2D eigenvalue weighted by atomic mass is 16.5. The molecule has 1 aromatic carbocycles. The van der Waals surface area contributed by atoms with Crippen molar-refractivity contribution in [2.45, 2.75) is 51.2 Å². The zero-order valence-electron chi connectivity index (χ0n) is 12.0. The highest BCUT2D eigenvalue weighted by Crippen LogP contribution is 2.16. The molecule has 113 valence electrons. The second-order valence-electron chi connectivity index (χ2n) is 4.98. The Morgan fingerprint density at radius 2 is 1.85 bits per heavy atom. The van der Waals surface area contributed by atoms with Crippen molar-refractivity contribution in [2.24, 2.45) is 0 Å². The summed E-state index contributed by atoms with van der Waals surface area (Å²) >= 11 is 0. The first-order valence-corrected chi connectivity index (χ1v) is 7.39. The monoisotopic (exact) mass is 281 g/mol. The number of rotatable bonds is 11. The molecular formula is C16H25O4. The number of benzene rings is 1. The van der Waals surface area contributed by atoms with E-state index in [1.807, 2.05) is 18.2 Å². The summed E-state index contributed by atoms with van der Waals surface area (Å²) in [4.78, 5) is 0. The number of aliphatic hydroxyl groups excluding tert-OH is 2. The van der Waals surface area contributed by atoms with Gasteiger partial charge in [-0.3, -0.25) is 0 Å². The molecule has 1 atom stereocenters. The molecule has 1 radical (unpaired) electrons. The molecule has 0 amide bonds. The van der Waals surface area contributed by atoms with E-state index in [1.54, 1.807) is 0 Å². The Morgan fingerprint density at radius 3 is 2.60 bits per heavy atom. The van der Waals surface area contributed by atoms with Gasteiger partial charge < -0.3 is 14.9 Å². The molecule has 4 heteroatoms. The minimum Gasteiger partial charge on any atom is -0.491 e. The number of ether oxygens (including phenoxy) is 1. The third-order valence-corrected chi connectivity index (χ3v) is 3.17. The van der Waals surface area contributed by atoms with E-state index >= 15 is 0 Å². The summed E-state index contributed by atoms with van der Waals surface area (Å²) in [5.74, 6) is 0.806. The minimum absolute atomic E-state index is 0.0300. The van der Waals surface area contributed by atoms with E-state index in [1.165, 1.54) is 5.56 Å². The quantitative estimate of drug-likeness (QED) is 0.484. The van der Waals surface area contributed by atoms with Crippen LogP contribution in [0, 0.1) is 0 Å². The molecule has 0 aliphatic rings. The highest BCUT2D eigenvalue weighted by molar-refractivity contribution is 5.28. The van der Waals surface area contributed by atoms with Crippen LogP contribution in [0.3, 0.4) is 0 Å². The van der Waals surface area contributed by atoms with Crippen molar-refractivity contribution < 1.29 is 20.1 Å². The topological polar surface area (TPSA) is 69.6 Å². The van der Waals surface area contributed by atoms with Crippen LogP contribution < -0.4 is 4.74 Å².